The Balaban J connectivity index is 3.17. The molecule has 0 aliphatic carbocycles. The van der Waals surface area contributed by atoms with Crippen molar-refractivity contribution in [3.05, 3.63) is 34.9 Å². The number of hydrogen-bond acceptors (Lipinski definition) is 3. The quantitative estimate of drug-likeness (QED) is 0.476. The van der Waals surface area contributed by atoms with Crippen molar-refractivity contribution < 1.29 is 14.3 Å². The van der Waals surface area contributed by atoms with Gasteiger partial charge in [0.1, 0.15) is 0 Å². The first-order chi connectivity index (χ1) is 8.11. The van der Waals surface area contributed by atoms with Gasteiger partial charge >= 0.3 is 5.97 Å². The lowest BCUT2D eigenvalue weighted by molar-refractivity contribution is 0.0522. The molecule has 1 rings (SSSR count). The maximum Gasteiger partial charge on any atom is 0.339 e. The first-order valence-electron chi connectivity index (χ1n) is 5.47. The molecule has 0 fully saturated rings. The normalized spacial score (nSPS) is 10.1. The standard InChI is InChI=1S/C13H15BrO3/c1-3-17-13(16)12-9(2)5-4-6-10(12)11(15)7-8-14/h4-6H,3,7-8H2,1-2H3. The largest absolute Gasteiger partial charge is 0.462 e. The van der Waals surface area contributed by atoms with E-state index in [0.717, 1.165) is 5.56 Å². The number of hydrogen-bond donors (Lipinski definition) is 0. The smallest absolute Gasteiger partial charge is 0.339 e. The minimum Gasteiger partial charge on any atom is -0.462 e. The van der Waals surface area contributed by atoms with Crippen molar-refractivity contribution in [1.82, 2.24) is 0 Å². The summed E-state index contributed by atoms with van der Waals surface area (Å²) in [6.45, 7) is 3.85. The average molecular weight is 299 g/mol. The second-order valence-electron chi connectivity index (χ2n) is 3.58. The highest BCUT2D eigenvalue weighted by Gasteiger charge is 2.19. The van der Waals surface area contributed by atoms with Crippen LogP contribution in [0.5, 0.6) is 0 Å². The maximum absolute atomic E-state index is 11.9. The van der Waals surface area contributed by atoms with Crippen LogP contribution in [0.3, 0.4) is 0 Å². The third kappa shape index (κ3) is 3.40. The third-order valence-electron chi connectivity index (χ3n) is 2.37. The van der Waals surface area contributed by atoms with Gasteiger partial charge in [0.25, 0.3) is 0 Å². The number of carbonyl (C=O) groups excluding carboxylic acids is 2. The number of aryl methyl sites for hydroxylation is 1. The zero-order valence-electron chi connectivity index (χ0n) is 9.96. The number of carbonyl (C=O) groups is 2. The van der Waals surface area contributed by atoms with E-state index in [1.54, 1.807) is 32.0 Å². The van der Waals surface area contributed by atoms with E-state index in [1.807, 2.05) is 0 Å². The van der Waals surface area contributed by atoms with Crippen molar-refractivity contribution in [2.75, 3.05) is 11.9 Å². The van der Waals surface area contributed by atoms with Gasteiger partial charge in [-0.1, -0.05) is 34.1 Å². The molecule has 0 amide bonds. The molecule has 3 nitrogen and oxygen atoms in total. The van der Waals surface area contributed by atoms with E-state index in [2.05, 4.69) is 15.9 Å². The minimum atomic E-state index is -0.427. The van der Waals surface area contributed by atoms with Crippen LogP contribution in [0.2, 0.25) is 0 Å². The summed E-state index contributed by atoms with van der Waals surface area (Å²) >= 11 is 3.22. The van der Waals surface area contributed by atoms with Crippen LogP contribution in [-0.2, 0) is 4.74 Å². The SMILES string of the molecule is CCOC(=O)c1c(C)cccc1C(=O)CCBr. The third-order valence-corrected chi connectivity index (χ3v) is 2.77. The molecule has 0 heterocycles. The average Bonchev–Trinajstić information content (AvgIpc) is 2.29. The molecular weight excluding hydrogens is 284 g/mol. The second-order valence-corrected chi connectivity index (χ2v) is 4.37. The number of ether oxygens (including phenoxy) is 1. The molecular formula is C13H15BrO3. The zero-order valence-corrected chi connectivity index (χ0v) is 11.5. The summed E-state index contributed by atoms with van der Waals surface area (Å²) in [5.41, 5.74) is 1.60. The number of esters is 1. The van der Waals surface area contributed by atoms with Crippen LogP contribution >= 0.6 is 15.9 Å². The highest BCUT2D eigenvalue weighted by Crippen LogP contribution is 2.17. The molecule has 0 atom stereocenters. The molecule has 0 unspecified atom stereocenters. The van der Waals surface area contributed by atoms with Crippen LogP contribution in [0.25, 0.3) is 0 Å². The summed E-state index contributed by atoms with van der Waals surface area (Å²) in [5.74, 6) is -0.475. The van der Waals surface area contributed by atoms with Crippen molar-refractivity contribution in [2.45, 2.75) is 20.3 Å². The molecule has 0 bridgehead atoms. The summed E-state index contributed by atoms with van der Waals surface area (Å²) in [5, 5.41) is 0.585. The van der Waals surface area contributed by atoms with Gasteiger partial charge in [-0.2, -0.15) is 0 Å². The summed E-state index contributed by atoms with van der Waals surface area (Å²) < 4.78 is 4.97. The molecule has 1 aromatic rings. The molecule has 0 aliphatic heterocycles. The molecule has 1 aromatic carbocycles. The van der Waals surface area contributed by atoms with E-state index in [1.165, 1.54) is 0 Å². The molecule has 0 saturated heterocycles. The monoisotopic (exact) mass is 298 g/mol. The van der Waals surface area contributed by atoms with Gasteiger partial charge in [-0.15, -0.1) is 0 Å². The van der Waals surface area contributed by atoms with Gasteiger partial charge < -0.3 is 4.74 Å². The fourth-order valence-electron chi connectivity index (χ4n) is 1.59. The molecule has 0 N–H and O–H groups in total. The minimum absolute atomic E-state index is 0.0476. The fraction of sp³-hybridized carbons (Fsp3) is 0.385. The number of halogens is 1. The highest BCUT2D eigenvalue weighted by atomic mass is 79.9. The topological polar surface area (TPSA) is 43.4 Å². The summed E-state index contributed by atoms with van der Waals surface area (Å²) in [4.78, 5) is 23.7. The van der Waals surface area contributed by atoms with Crippen LogP contribution < -0.4 is 0 Å². The van der Waals surface area contributed by atoms with E-state index >= 15 is 0 Å². The van der Waals surface area contributed by atoms with E-state index in [-0.39, 0.29) is 5.78 Å². The summed E-state index contributed by atoms with van der Waals surface area (Å²) in [6.07, 6.45) is 0.371. The first-order valence-corrected chi connectivity index (χ1v) is 6.59. The number of rotatable bonds is 5. The Labute approximate surface area is 109 Å². The fourth-order valence-corrected chi connectivity index (χ4v) is 1.95. The first kappa shape index (κ1) is 13.9. The van der Waals surface area contributed by atoms with Crippen molar-refractivity contribution in [3.63, 3.8) is 0 Å². The summed E-state index contributed by atoms with van der Waals surface area (Å²) in [7, 11) is 0. The molecule has 0 aromatic heterocycles. The lowest BCUT2D eigenvalue weighted by Gasteiger charge is -2.10. The Kier molecular flexibility index (Phi) is 5.35. The van der Waals surface area contributed by atoms with Gasteiger partial charge in [0.2, 0.25) is 0 Å². The van der Waals surface area contributed by atoms with Crippen LogP contribution in [0.4, 0.5) is 0 Å². The number of Topliss-reactive ketones (excluding diaryl/α,β-unsaturated/α-hetero) is 1. The number of benzene rings is 1. The predicted molar refractivity (Wildman–Crippen MR) is 69.9 cm³/mol. The van der Waals surface area contributed by atoms with Crippen LogP contribution in [0.1, 0.15) is 39.6 Å². The highest BCUT2D eigenvalue weighted by molar-refractivity contribution is 9.09. The van der Waals surface area contributed by atoms with Crippen molar-refractivity contribution in [3.8, 4) is 0 Å². The van der Waals surface area contributed by atoms with Crippen LogP contribution in [-0.4, -0.2) is 23.7 Å². The van der Waals surface area contributed by atoms with E-state index in [4.69, 9.17) is 4.74 Å². The van der Waals surface area contributed by atoms with Crippen LogP contribution in [0, 0.1) is 6.92 Å². The number of alkyl halides is 1. The van der Waals surface area contributed by atoms with Crippen molar-refractivity contribution >= 4 is 27.7 Å². The Morgan fingerprint density at radius 1 is 1.35 bits per heavy atom. The Morgan fingerprint density at radius 3 is 2.65 bits per heavy atom. The zero-order chi connectivity index (χ0) is 12.8. The molecule has 4 heteroatoms. The van der Waals surface area contributed by atoms with Crippen LogP contribution in [0.15, 0.2) is 18.2 Å². The van der Waals surface area contributed by atoms with E-state index in [9.17, 15) is 9.59 Å². The van der Waals surface area contributed by atoms with Crippen molar-refractivity contribution in [2.24, 2.45) is 0 Å². The van der Waals surface area contributed by atoms with Gasteiger partial charge in [-0.3, -0.25) is 4.79 Å². The molecule has 0 aliphatic rings. The van der Waals surface area contributed by atoms with Gasteiger partial charge in [-0.05, 0) is 19.4 Å². The molecule has 92 valence electrons. The second kappa shape index (κ2) is 6.55. The predicted octanol–water partition coefficient (Wildman–Crippen LogP) is 3.14. The lowest BCUT2D eigenvalue weighted by atomic mass is 9.98. The van der Waals surface area contributed by atoms with Gasteiger partial charge in [-0.25, -0.2) is 4.79 Å². The molecule has 0 spiro atoms. The summed E-state index contributed by atoms with van der Waals surface area (Å²) in [6, 6.07) is 5.25. The van der Waals surface area contributed by atoms with Gasteiger partial charge in [0.15, 0.2) is 5.78 Å². The molecule has 0 saturated carbocycles. The van der Waals surface area contributed by atoms with Gasteiger partial charge in [0, 0.05) is 17.3 Å². The number of ketones is 1. The molecule has 17 heavy (non-hydrogen) atoms. The Bertz CT molecular complexity index is 427. The molecule has 0 radical (unpaired) electrons. The van der Waals surface area contributed by atoms with E-state index in [0.29, 0.717) is 29.5 Å². The maximum atomic E-state index is 11.9. The lowest BCUT2D eigenvalue weighted by Crippen LogP contribution is -2.14. The Hall–Kier alpha value is -1.16. The van der Waals surface area contributed by atoms with Crippen molar-refractivity contribution in [1.29, 1.82) is 0 Å². The Morgan fingerprint density at radius 2 is 2.06 bits per heavy atom. The van der Waals surface area contributed by atoms with Gasteiger partial charge in [0.05, 0.1) is 12.2 Å². The van der Waals surface area contributed by atoms with E-state index < -0.39 is 5.97 Å².